The van der Waals surface area contributed by atoms with Gasteiger partial charge in [0, 0.05) is 16.5 Å². The predicted octanol–water partition coefficient (Wildman–Crippen LogP) is 3.70. The van der Waals surface area contributed by atoms with E-state index in [1.807, 2.05) is 0 Å². The van der Waals surface area contributed by atoms with Crippen molar-refractivity contribution in [2.75, 3.05) is 6.61 Å². The maximum absolute atomic E-state index is 13.3. The summed E-state index contributed by atoms with van der Waals surface area (Å²) >= 11 is 5.99. The van der Waals surface area contributed by atoms with E-state index in [1.165, 1.54) is 6.07 Å². The van der Waals surface area contributed by atoms with Crippen LogP contribution in [0.3, 0.4) is 0 Å². The highest BCUT2D eigenvalue weighted by Gasteiger charge is 2.40. The molecule has 8 heteroatoms. The lowest BCUT2D eigenvalue weighted by molar-refractivity contribution is -0.139. The smallest absolute Gasteiger partial charge is 0.334 e. The summed E-state index contributed by atoms with van der Waals surface area (Å²) in [6, 6.07) is 3.26. The first-order chi connectivity index (χ1) is 11.3. The first kappa shape index (κ1) is 18.9. The summed E-state index contributed by atoms with van der Waals surface area (Å²) in [5.74, 6) is -2.05. The van der Waals surface area contributed by atoms with Crippen molar-refractivity contribution < 1.29 is 26.9 Å². The van der Waals surface area contributed by atoms with Crippen LogP contribution in [0.1, 0.15) is 37.0 Å². The molecule has 0 radical (unpaired) electrons. The Bertz CT molecular complexity index is 760. The predicted molar refractivity (Wildman–Crippen MR) is 87.8 cm³/mol. The van der Waals surface area contributed by atoms with Gasteiger partial charge in [-0.3, -0.25) is 4.55 Å². The van der Waals surface area contributed by atoms with Crippen LogP contribution >= 0.6 is 11.6 Å². The lowest BCUT2D eigenvalue weighted by Gasteiger charge is -2.29. The number of hydrogen-bond acceptors (Lipinski definition) is 4. The maximum Gasteiger partial charge on any atom is 0.334 e. The highest BCUT2D eigenvalue weighted by molar-refractivity contribution is 7.86. The third-order valence-electron chi connectivity index (χ3n) is 3.95. The van der Waals surface area contributed by atoms with Crippen molar-refractivity contribution in [2.24, 2.45) is 5.92 Å². The monoisotopic (exact) mass is 376 g/mol. The molecular formula is C16H18ClFO5S. The second-order valence-corrected chi connectivity index (χ2v) is 7.46. The van der Waals surface area contributed by atoms with Gasteiger partial charge in [0.15, 0.2) is 0 Å². The number of halogens is 2. The highest BCUT2D eigenvalue weighted by Crippen LogP contribution is 2.42. The first-order valence-corrected chi connectivity index (χ1v) is 9.42. The SMILES string of the molecule is CCOC(=O)C1=CCCC[C@H]1C(c1ccc(F)cc1Cl)S(=O)(=O)O. The van der Waals surface area contributed by atoms with Crippen LogP contribution in [0.25, 0.3) is 0 Å². The van der Waals surface area contributed by atoms with Crippen molar-refractivity contribution in [2.45, 2.75) is 31.4 Å². The molecule has 0 aromatic heterocycles. The fourth-order valence-corrected chi connectivity index (χ4v) is 4.56. The molecule has 1 unspecified atom stereocenters. The zero-order valence-electron chi connectivity index (χ0n) is 13.0. The fraction of sp³-hybridized carbons (Fsp3) is 0.438. The highest BCUT2D eigenvalue weighted by atomic mass is 35.5. The molecule has 1 N–H and O–H groups in total. The number of hydrogen-bond donors (Lipinski definition) is 1. The molecule has 0 heterocycles. The van der Waals surface area contributed by atoms with Crippen molar-refractivity contribution in [3.05, 3.63) is 46.3 Å². The molecule has 24 heavy (non-hydrogen) atoms. The van der Waals surface area contributed by atoms with Gasteiger partial charge in [-0.25, -0.2) is 9.18 Å². The summed E-state index contributed by atoms with van der Waals surface area (Å²) in [4.78, 5) is 12.2. The van der Waals surface area contributed by atoms with Crippen LogP contribution < -0.4 is 0 Å². The summed E-state index contributed by atoms with van der Waals surface area (Å²) in [6.45, 7) is 1.80. The van der Waals surface area contributed by atoms with Crippen LogP contribution in [-0.2, 0) is 19.6 Å². The van der Waals surface area contributed by atoms with Crippen LogP contribution in [0.4, 0.5) is 4.39 Å². The molecule has 0 amide bonds. The van der Waals surface area contributed by atoms with Gasteiger partial charge >= 0.3 is 5.97 Å². The Labute approximate surface area is 145 Å². The topological polar surface area (TPSA) is 80.7 Å². The molecule has 1 aliphatic carbocycles. The quantitative estimate of drug-likeness (QED) is 0.626. The molecule has 1 aliphatic rings. The summed E-state index contributed by atoms with van der Waals surface area (Å²) < 4.78 is 52.0. The van der Waals surface area contributed by atoms with E-state index >= 15 is 0 Å². The second kappa shape index (κ2) is 7.63. The average molecular weight is 377 g/mol. The minimum atomic E-state index is -4.59. The number of carbonyl (C=O) groups is 1. The van der Waals surface area contributed by atoms with E-state index in [0.29, 0.717) is 19.3 Å². The number of rotatable bonds is 5. The van der Waals surface area contributed by atoms with Gasteiger partial charge in [-0.05, 0) is 43.9 Å². The molecular weight excluding hydrogens is 359 g/mol. The lowest BCUT2D eigenvalue weighted by atomic mass is 9.82. The number of benzene rings is 1. The van der Waals surface area contributed by atoms with Gasteiger partial charge < -0.3 is 4.74 Å². The first-order valence-electron chi connectivity index (χ1n) is 7.54. The fourth-order valence-electron chi connectivity index (χ4n) is 2.98. The van der Waals surface area contributed by atoms with Crippen molar-refractivity contribution in [3.8, 4) is 0 Å². The zero-order chi connectivity index (χ0) is 17.9. The van der Waals surface area contributed by atoms with Crippen LogP contribution in [0.5, 0.6) is 0 Å². The molecule has 5 nitrogen and oxygen atoms in total. The minimum absolute atomic E-state index is 0.0580. The van der Waals surface area contributed by atoms with Gasteiger partial charge in [0.1, 0.15) is 11.1 Å². The molecule has 2 rings (SSSR count). The standard InChI is InChI=1S/C16H18ClFO5S/c1-2-23-16(19)12-6-4-3-5-11(12)15(24(20,21)22)13-8-7-10(18)9-14(13)17/h6-9,11,15H,2-5H2,1H3,(H,20,21,22)/t11-,15?/m1/s1. The molecule has 132 valence electrons. The van der Waals surface area contributed by atoms with Gasteiger partial charge in [0.25, 0.3) is 10.1 Å². The van der Waals surface area contributed by atoms with Crippen molar-refractivity contribution in [1.82, 2.24) is 0 Å². The Morgan fingerprint density at radius 2 is 2.21 bits per heavy atom. The third kappa shape index (κ3) is 4.15. The van der Waals surface area contributed by atoms with Gasteiger partial charge in [-0.1, -0.05) is 23.7 Å². The van der Waals surface area contributed by atoms with Gasteiger partial charge in [0.2, 0.25) is 0 Å². The summed E-state index contributed by atoms with van der Waals surface area (Å²) in [5, 5.41) is -1.58. The van der Waals surface area contributed by atoms with Crippen LogP contribution in [0.15, 0.2) is 29.8 Å². The maximum atomic E-state index is 13.3. The molecule has 0 saturated carbocycles. The minimum Gasteiger partial charge on any atom is -0.463 e. The Morgan fingerprint density at radius 1 is 1.50 bits per heavy atom. The lowest BCUT2D eigenvalue weighted by Crippen LogP contribution is -2.29. The molecule has 1 aromatic carbocycles. The molecule has 2 atom stereocenters. The molecule has 0 aliphatic heterocycles. The normalized spacial score (nSPS) is 19.5. The zero-order valence-corrected chi connectivity index (χ0v) is 14.6. The summed E-state index contributed by atoms with van der Waals surface area (Å²) in [7, 11) is -4.59. The van der Waals surface area contributed by atoms with E-state index in [4.69, 9.17) is 16.3 Å². The van der Waals surface area contributed by atoms with Crippen molar-refractivity contribution >= 4 is 27.7 Å². The van der Waals surface area contributed by atoms with E-state index in [2.05, 4.69) is 0 Å². The number of esters is 1. The average Bonchev–Trinajstić information content (AvgIpc) is 2.49. The van der Waals surface area contributed by atoms with E-state index < -0.39 is 33.1 Å². The number of ether oxygens (including phenoxy) is 1. The Balaban J connectivity index is 2.53. The van der Waals surface area contributed by atoms with E-state index in [0.717, 1.165) is 12.1 Å². The third-order valence-corrected chi connectivity index (χ3v) is 5.50. The van der Waals surface area contributed by atoms with E-state index in [-0.39, 0.29) is 22.8 Å². The van der Waals surface area contributed by atoms with E-state index in [1.54, 1.807) is 13.0 Å². The Kier molecular flexibility index (Phi) is 6.01. The number of carbonyl (C=O) groups excluding carboxylic acids is 1. The molecule has 1 aromatic rings. The Morgan fingerprint density at radius 3 is 2.79 bits per heavy atom. The van der Waals surface area contributed by atoms with E-state index in [9.17, 15) is 22.2 Å². The summed E-state index contributed by atoms with van der Waals surface area (Å²) in [5.41, 5.74) is 0.258. The van der Waals surface area contributed by atoms with Gasteiger partial charge in [-0.2, -0.15) is 8.42 Å². The molecule has 0 bridgehead atoms. The second-order valence-electron chi connectivity index (χ2n) is 5.52. The van der Waals surface area contributed by atoms with Crippen molar-refractivity contribution in [3.63, 3.8) is 0 Å². The molecule has 0 spiro atoms. The largest absolute Gasteiger partial charge is 0.463 e. The Hall–Kier alpha value is -1.44. The van der Waals surface area contributed by atoms with Crippen LogP contribution in [0.2, 0.25) is 5.02 Å². The van der Waals surface area contributed by atoms with Crippen molar-refractivity contribution in [1.29, 1.82) is 0 Å². The van der Waals surface area contributed by atoms with Crippen LogP contribution in [0, 0.1) is 11.7 Å². The number of allylic oxidation sites excluding steroid dienone is 1. The molecule has 0 saturated heterocycles. The van der Waals surface area contributed by atoms with Gasteiger partial charge in [-0.15, -0.1) is 0 Å². The van der Waals surface area contributed by atoms with Gasteiger partial charge in [0.05, 0.1) is 6.61 Å². The molecule has 0 fully saturated rings. The summed E-state index contributed by atoms with van der Waals surface area (Å²) in [6.07, 6.45) is 3.25. The van der Waals surface area contributed by atoms with Crippen LogP contribution in [-0.4, -0.2) is 25.5 Å².